The van der Waals surface area contributed by atoms with Crippen molar-refractivity contribution >= 4 is 0 Å². The Morgan fingerprint density at radius 3 is 2.41 bits per heavy atom. The van der Waals surface area contributed by atoms with E-state index in [9.17, 15) is 5.11 Å². The van der Waals surface area contributed by atoms with Crippen LogP contribution in [0.25, 0.3) is 0 Å². The Morgan fingerprint density at radius 1 is 1.05 bits per heavy atom. The first-order chi connectivity index (χ1) is 10.6. The summed E-state index contributed by atoms with van der Waals surface area (Å²) >= 11 is 0. The zero-order valence-electron chi connectivity index (χ0n) is 13.8. The van der Waals surface area contributed by atoms with Crippen LogP contribution in [-0.2, 0) is 13.0 Å². The van der Waals surface area contributed by atoms with E-state index in [1.54, 1.807) is 0 Å². The van der Waals surface area contributed by atoms with Gasteiger partial charge in [0.2, 0.25) is 0 Å². The van der Waals surface area contributed by atoms with E-state index in [2.05, 4.69) is 62.2 Å². The first-order valence-corrected chi connectivity index (χ1v) is 8.02. The van der Waals surface area contributed by atoms with Gasteiger partial charge in [-0.15, -0.1) is 0 Å². The highest BCUT2D eigenvalue weighted by atomic mass is 16.3. The largest absolute Gasteiger partial charge is 0.390 e. The number of hydrogen-bond donors (Lipinski definition) is 1. The second-order valence-electron chi connectivity index (χ2n) is 6.21. The van der Waals surface area contributed by atoms with Crippen molar-refractivity contribution in [3.63, 3.8) is 0 Å². The van der Waals surface area contributed by atoms with Crippen LogP contribution >= 0.6 is 0 Å². The molecule has 1 radical (unpaired) electrons. The summed E-state index contributed by atoms with van der Waals surface area (Å²) in [4.78, 5) is 4.59. The normalized spacial score (nSPS) is 14.0. The lowest BCUT2D eigenvalue weighted by Crippen LogP contribution is -2.17. The van der Waals surface area contributed by atoms with E-state index in [1.165, 1.54) is 11.5 Å². The molecular formula is C20H26NO. The first-order valence-electron chi connectivity index (χ1n) is 8.02. The molecule has 1 aromatic carbocycles. The van der Waals surface area contributed by atoms with E-state index in [-0.39, 0.29) is 6.61 Å². The molecule has 1 heterocycles. The Bertz CT molecular complexity index is 565. The quantitative estimate of drug-likeness (QED) is 0.813. The third-order valence-electron chi connectivity index (χ3n) is 4.39. The molecule has 0 amide bonds. The number of aromatic nitrogens is 1. The molecule has 0 spiro atoms. The van der Waals surface area contributed by atoms with Gasteiger partial charge in [-0.05, 0) is 42.4 Å². The summed E-state index contributed by atoms with van der Waals surface area (Å²) in [5, 5.41) is 9.28. The summed E-state index contributed by atoms with van der Waals surface area (Å²) in [7, 11) is 0. The SMILES string of the molecule is C[C](C)[C@H](CCc1ccccc1)C(C)c1cccc(CO)n1. The lowest BCUT2D eigenvalue weighted by molar-refractivity contribution is 0.276. The molecular weight excluding hydrogens is 270 g/mol. The lowest BCUT2D eigenvalue weighted by Gasteiger charge is -2.27. The van der Waals surface area contributed by atoms with E-state index in [1.807, 2.05) is 12.1 Å². The van der Waals surface area contributed by atoms with Gasteiger partial charge in [-0.2, -0.15) is 0 Å². The van der Waals surface area contributed by atoms with E-state index in [0.717, 1.165) is 24.2 Å². The molecule has 0 bridgehead atoms. The van der Waals surface area contributed by atoms with Crippen molar-refractivity contribution in [1.29, 1.82) is 0 Å². The predicted octanol–water partition coefficient (Wildman–Crippen LogP) is 4.54. The lowest BCUT2D eigenvalue weighted by atomic mass is 9.78. The molecule has 117 valence electrons. The maximum Gasteiger partial charge on any atom is 0.0853 e. The van der Waals surface area contributed by atoms with Crippen molar-refractivity contribution < 1.29 is 5.11 Å². The van der Waals surface area contributed by atoms with Crippen LogP contribution in [0, 0.1) is 11.8 Å². The molecule has 0 aliphatic heterocycles. The molecule has 0 aliphatic carbocycles. The third kappa shape index (κ3) is 4.41. The van der Waals surface area contributed by atoms with Crippen molar-refractivity contribution in [2.45, 2.75) is 46.1 Å². The van der Waals surface area contributed by atoms with Crippen LogP contribution in [0.2, 0.25) is 0 Å². The first kappa shape index (κ1) is 16.7. The zero-order chi connectivity index (χ0) is 15.9. The van der Waals surface area contributed by atoms with E-state index >= 15 is 0 Å². The average Bonchev–Trinajstić information content (AvgIpc) is 2.55. The smallest absolute Gasteiger partial charge is 0.0853 e. The van der Waals surface area contributed by atoms with Gasteiger partial charge in [0.15, 0.2) is 0 Å². The number of aliphatic hydroxyl groups excluding tert-OH is 1. The van der Waals surface area contributed by atoms with Crippen molar-refractivity contribution in [3.8, 4) is 0 Å². The van der Waals surface area contributed by atoms with Gasteiger partial charge in [0, 0.05) is 11.6 Å². The third-order valence-corrected chi connectivity index (χ3v) is 4.39. The zero-order valence-corrected chi connectivity index (χ0v) is 13.8. The molecule has 0 saturated carbocycles. The van der Waals surface area contributed by atoms with E-state index in [0.29, 0.717) is 11.8 Å². The van der Waals surface area contributed by atoms with Crippen LogP contribution < -0.4 is 0 Å². The molecule has 22 heavy (non-hydrogen) atoms. The maximum absolute atomic E-state index is 9.28. The maximum atomic E-state index is 9.28. The molecule has 2 atom stereocenters. The van der Waals surface area contributed by atoms with Gasteiger partial charge in [-0.1, -0.05) is 57.2 Å². The second kappa shape index (κ2) is 8.09. The minimum atomic E-state index is 0.00403. The predicted molar refractivity (Wildman–Crippen MR) is 91.4 cm³/mol. The minimum absolute atomic E-state index is 0.00403. The van der Waals surface area contributed by atoms with E-state index < -0.39 is 0 Å². The Kier molecular flexibility index (Phi) is 6.14. The standard InChI is InChI=1S/C20H26NO/c1-15(2)19(13-12-17-8-5-4-6-9-17)16(3)20-11-7-10-18(14-22)21-20/h4-11,16,19,22H,12-14H2,1-3H3/t16?,19-/m0/s1. The molecule has 1 N–H and O–H groups in total. The summed E-state index contributed by atoms with van der Waals surface area (Å²) in [5.41, 5.74) is 3.21. The fourth-order valence-corrected chi connectivity index (χ4v) is 3.05. The number of benzene rings is 1. The molecule has 1 aromatic heterocycles. The van der Waals surface area contributed by atoms with Crippen molar-refractivity contribution in [3.05, 3.63) is 71.4 Å². The molecule has 0 fully saturated rings. The Morgan fingerprint density at radius 2 is 1.77 bits per heavy atom. The molecule has 2 heteroatoms. The number of aliphatic hydroxyl groups is 1. The highest BCUT2D eigenvalue weighted by Crippen LogP contribution is 2.33. The number of hydrogen-bond acceptors (Lipinski definition) is 2. The summed E-state index contributed by atoms with van der Waals surface area (Å²) in [6.45, 7) is 6.67. The molecule has 2 nitrogen and oxygen atoms in total. The van der Waals surface area contributed by atoms with E-state index in [4.69, 9.17) is 0 Å². The Balaban J connectivity index is 2.09. The fourth-order valence-electron chi connectivity index (χ4n) is 3.05. The van der Waals surface area contributed by atoms with Gasteiger partial charge in [0.1, 0.15) is 0 Å². The number of nitrogens with zero attached hydrogens (tertiary/aromatic N) is 1. The topological polar surface area (TPSA) is 33.1 Å². The van der Waals surface area contributed by atoms with Gasteiger partial charge < -0.3 is 5.11 Å². The van der Waals surface area contributed by atoms with Crippen LogP contribution in [0.15, 0.2) is 48.5 Å². The molecule has 2 aromatic rings. The summed E-state index contributed by atoms with van der Waals surface area (Å²) in [5.74, 6) is 2.31. The van der Waals surface area contributed by atoms with Crippen LogP contribution in [0.4, 0.5) is 0 Å². The summed E-state index contributed by atoms with van der Waals surface area (Å²) in [6, 6.07) is 16.6. The van der Waals surface area contributed by atoms with Gasteiger partial charge in [-0.3, -0.25) is 4.98 Å². The molecule has 0 saturated heterocycles. The highest BCUT2D eigenvalue weighted by Gasteiger charge is 2.23. The minimum Gasteiger partial charge on any atom is -0.390 e. The monoisotopic (exact) mass is 296 g/mol. The number of rotatable bonds is 7. The number of pyridine rings is 1. The van der Waals surface area contributed by atoms with Crippen molar-refractivity contribution in [1.82, 2.24) is 4.98 Å². The average molecular weight is 296 g/mol. The van der Waals surface area contributed by atoms with Crippen molar-refractivity contribution in [2.24, 2.45) is 5.92 Å². The molecule has 2 rings (SSSR count). The second-order valence-corrected chi connectivity index (χ2v) is 6.21. The highest BCUT2D eigenvalue weighted by molar-refractivity contribution is 5.18. The molecule has 0 aliphatic rings. The molecule has 1 unspecified atom stereocenters. The fraction of sp³-hybridized carbons (Fsp3) is 0.400. The van der Waals surface area contributed by atoms with Gasteiger partial charge >= 0.3 is 0 Å². The van der Waals surface area contributed by atoms with Gasteiger partial charge in [0.25, 0.3) is 0 Å². The van der Waals surface area contributed by atoms with Gasteiger partial charge in [0.05, 0.1) is 12.3 Å². The van der Waals surface area contributed by atoms with Crippen LogP contribution in [0.5, 0.6) is 0 Å². The summed E-state index contributed by atoms with van der Waals surface area (Å²) < 4.78 is 0. The van der Waals surface area contributed by atoms with Crippen LogP contribution in [-0.4, -0.2) is 10.1 Å². The number of aryl methyl sites for hydroxylation is 1. The van der Waals surface area contributed by atoms with Crippen molar-refractivity contribution in [2.75, 3.05) is 0 Å². The van der Waals surface area contributed by atoms with Crippen LogP contribution in [0.1, 0.15) is 50.1 Å². The summed E-state index contributed by atoms with van der Waals surface area (Å²) in [6.07, 6.45) is 2.21. The Labute approximate surface area is 134 Å². The Hall–Kier alpha value is -1.67. The van der Waals surface area contributed by atoms with Crippen LogP contribution in [0.3, 0.4) is 0 Å². The van der Waals surface area contributed by atoms with Gasteiger partial charge in [-0.25, -0.2) is 0 Å².